The van der Waals surface area contributed by atoms with Crippen LogP contribution in [-0.2, 0) is 9.59 Å². The molecular formula is C9H15Cl2N3O2. The maximum Gasteiger partial charge on any atom is 0.239 e. The first-order valence-corrected chi connectivity index (χ1v) is 5.06. The van der Waals surface area contributed by atoms with Gasteiger partial charge in [0.15, 0.2) is 0 Å². The lowest BCUT2D eigenvalue weighted by Crippen LogP contribution is -2.51. The molecule has 0 bridgehead atoms. The molecule has 0 saturated carbocycles. The quantitative estimate of drug-likeness (QED) is 0.736. The van der Waals surface area contributed by atoms with Gasteiger partial charge in [-0.25, -0.2) is 0 Å². The molecule has 0 unspecified atom stereocenters. The van der Waals surface area contributed by atoms with Crippen LogP contribution < -0.4 is 10.6 Å². The Bertz CT molecular complexity index is 284. The summed E-state index contributed by atoms with van der Waals surface area (Å²) in [6.45, 7) is 5.36. The zero-order valence-electron chi connectivity index (χ0n) is 8.79. The highest BCUT2D eigenvalue weighted by molar-refractivity contribution is 6.29. The van der Waals surface area contributed by atoms with Gasteiger partial charge in [0.1, 0.15) is 0 Å². The summed E-state index contributed by atoms with van der Waals surface area (Å²) in [6.07, 6.45) is 0. The molecule has 0 atom stereocenters. The van der Waals surface area contributed by atoms with Crippen molar-refractivity contribution in [2.45, 2.75) is 0 Å². The fourth-order valence-corrected chi connectivity index (χ4v) is 1.30. The van der Waals surface area contributed by atoms with Crippen molar-refractivity contribution in [2.24, 2.45) is 0 Å². The largest absolute Gasteiger partial charge is 0.350 e. The SMILES string of the molecule is C=C(Cl)CNC(=O)CN1CCNCC1=O.Cl. The minimum atomic E-state index is -0.216. The molecule has 1 aliphatic rings. The van der Waals surface area contributed by atoms with Crippen LogP contribution >= 0.6 is 24.0 Å². The predicted octanol–water partition coefficient (Wildman–Crippen LogP) is -0.291. The van der Waals surface area contributed by atoms with Crippen LogP contribution in [-0.4, -0.2) is 49.4 Å². The highest BCUT2D eigenvalue weighted by atomic mass is 35.5. The molecule has 2 N–H and O–H groups in total. The van der Waals surface area contributed by atoms with Crippen LogP contribution in [0.1, 0.15) is 0 Å². The van der Waals surface area contributed by atoms with Crippen LogP contribution in [0.15, 0.2) is 11.6 Å². The lowest BCUT2D eigenvalue weighted by atomic mass is 10.3. The first kappa shape index (κ1) is 15.2. The van der Waals surface area contributed by atoms with E-state index < -0.39 is 0 Å². The molecule has 1 rings (SSSR count). The van der Waals surface area contributed by atoms with Crippen molar-refractivity contribution >= 4 is 35.8 Å². The van der Waals surface area contributed by atoms with Crippen LogP contribution in [0.25, 0.3) is 0 Å². The van der Waals surface area contributed by atoms with Gasteiger partial charge in [0.25, 0.3) is 0 Å². The summed E-state index contributed by atoms with van der Waals surface area (Å²) in [5, 5.41) is 5.87. The predicted molar refractivity (Wildman–Crippen MR) is 64.7 cm³/mol. The number of halogens is 2. The maximum atomic E-state index is 11.3. The Morgan fingerprint density at radius 2 is 2.31 bits per heavy atom. The Labute approximate surface area is 106 Å². The standard InChI is InChI=1S/C9H14ClN3O2.ClH/c1-7(10)4-12-8(14)6-13-3-2-11-5-9(13)15;/h11H,1-6H2,(H,12,14);1H. The third kappa shape index (κ3) is 5.34. The molecule has 1 fully saturated rings. The number of nitrogens with zero attached hydrogens (tertiary/aromatic N) is 1. The van der Waals surface area contributed by atoms with E-state index in [0.717, 1.165) is 6.54 Å². The van der Waals surface area contributed by atoms with Crippen molar-refractivity contribution in [3.05, 3.63) is 11.6 Å². The van der Waals surface area contributed by atoms with Gasteiger partial charge in [0.2, 0.25) is 11.8 Å². The fraction of sp³-hybridized carbons (Fsp3) is 0.556. The number of hydrogen-bond donors (Lipinski definition) is 2. The van der Waals surface area contributed by atoms with Gasteiger partial charge in [-0.15, -0.1) is 12.4 Å². The zero-order valence-corrected chi connectivity index (χ0v) is 10.4. The van der Waals surface area contributed by atoms with Crippen molar-refractivity contribution in [2.75, 3.05) is 32.7 Å². The van der Waals surface area contributed by atoms with Crippen LogP contribution in [0.4, 0.5) is 0 Å². The molecule has 1 heterocycles. The Morgan fingerprint density at radius 1 is 1.62 bits per heavy atom. The number of rotatable bonds is 4. The first-order valence-electron chi connectivity index (χ1n) is 4.68. The molecule has 0 aromatic carbocycles. The molecule has 1 saturated heterocycles. The van der Waals surface area contributed by atoms with Crippen LogP contribution in [0.3, 0.4) is 0 Å². The Morgan fingerprint density at radius 3 is 2.88 bits per heavy atom. The molecule has 16 heavy (non-hydrogen) atoms. The van der Waals surface area contributed by atoms with Crippen molar-refractivity contribution in [1.82, 2.24) is 15.5 Å². The summed E-state index contributed by atoms with van der Waals surface area (Å²) in [4.78, 5) is 24.2. The van der Waals surface area contributed by atoms with Gasteiger partial charge in [-0.2, -0.15) is 0 Å². The number of hydrogen-bond acceptors (Lipinski definition) is 3. The molecule has 0 aromatic rings. The van der Waals surface area contributed by atoms with Crippen molar-refractivity contribution in [1.29, 1.82) is 0 Å². The van der Waals surface area contributed by atoms with E-state index in [0.29, 0.717) is 18.1 Å². The normalized spacial score (nSPS) is 15.3. The summed E-state index contributed by atoms with van der Waals surface area (Å²) in [5.74, 6) is -0.270. The molecule has 7 heteroatoms. The molecule has 0 spiro atoms. The number of carbonyl (C=O) groups excluding carboxylic acids is 2. The Kier molecular flexibility index (Phi) is 7.12. The van der Waals surface area contributed by atoms with E-state index in [1.807, 2.05) is 0 Å². The third-order valence-electron chi connectivity index (χ3n) is 2.00. The smallest absolute Gasteiger partial charge is 0.239 e. The second kappa shape index (κ2) is 7.49. The summed E-state index contributed by atoms with van der Waals surface area (Å²) in [7, 11) is 0. The summed E-state index contributed by atoms with van der Waals surface area (Å²) < 4.78 is 0. The van der Waals surface area contributed by atoms with Crippen LogP contribution in [0.5, 0.6) is 0 Å². The minimum absolute atomic E-state index is 0. The van der Waals surface area contributed by atoms with Gasteiger partial charge in [0.05, 0.1) is 19.6 Å². The maximum absolute atomic E-state index is 11.3. The first-order chi connectivity index (χ1) is 7.09. The highest BCUT2D eigenvalue weighted by Crippen LogP contribution is 1.95. The molecule has 0 aromatic heterocycles. The van der Waals surface area contributed by atoms with E-state index in [9.17, 15) is 9.59 Å². The molecule has 0 aliphatic carbocycles. The van der Waals surface area contributed by atoms with Gasteiger partial charge in [-0.3, -0.25) is 9.59 Å². The van der Waals surface area contributed by atoms with E-state index in [2.05, 4.69) is 17.2 Å². The number of amides is 2. The van der Waals surface area contributed by atoms with Crippen LogP contribution in [0.2, 0.25) is 0 Å². The Hall–Kier alpha value is -0.780. The zero-order chi connectivity index (χ0) is 11.3. The van der Waals surface area contributed by atoms with Crippen molar-refractivity contribution in [3.8, 4) is 0 Å². The van der Waals surface area contributed by atoms with Gasteiger partial charge < -0.3 is 15.5 Å². The van der Waals surface area contributed by atoms with E-state index in [-0.39, 0.29) is 37.3 Å². The lowest BCUT2D eigenvalue weighted by Gasteiger charge is -2.26. The molecule has 1 aliphatic heterocycles. The van der Waals surface area contributed by atoms with Gasteiger partial charge >= 0.3 is 0 Å². The number of piperazine rings is 1. The van der Waals surface area contributed by atoms with E-state index >= 15 is 0 Å². The van der Waals surface area contributed by atoms with Crippen molar-refractivity contribution < 1.29 is 9.59 Å². The average Bonchev–Trinajstić information content (AvgIpc) is 2.18. The van der Waals surface area contributed by atoms with E-state index in [1.54, 1.807) is 0 Å². The second-order valence-electron chi connectivity index (χ2n) is 3.29. The second-order valence-corrected chi connectivity index (χ2v) is 3.82. The lowest BCUT2D eigenvalue weighted by molar-refractivity contribution is -0.136. The molecular weight excluding hydrogens is 253 g/mol. The topological polar surface area (TPSA) is 61.4 Å². The van der Waals surface area contributed by atoms with Crippen LogP contribution in [0, 0.1) is 0 Å². The van der Waals surface area contributed by atoms with Gasteiger partial charge in [0, 0.05) is 18.1 Å². The summed E-state index contributed by atoms with van der Waals surface area (Å²) in [6, 6.07) is 0. The van der Waals surface area contributed by atoms with E-state index in [4.69, 9.17) is 11.6 Å². The monoisotopic (exact) mass is 267 g/mol. The average molecular weight is 268 g/mol. The molecule has 0 radical (unpaired) electrons. The molecule has 2 amide bonds. The third-order valence-corrected chi connectivity index (χ3v) is 2.13. The van der Waals surface area contributed by atoms with Gasteiger partial charge in [-0.1, -0.05) is 18.2 Å². The molecule has 92 valence electrons. The molecule has 5 nitrogen and oxygen atoms in total. The minimum Gasteiger partial charge on any atom is -0.350 e. The van der Waals surface area contributed by atoms with Gasteiger partial charge in [-0.05, 0) is 0 Å². The van der Waals surface area contributed by atoms with E-state index in [1.165, 1.54) is 4.90 Å². The number of nitrogens with one attached hydrogen (secondary N) is 2. The Balaban J connectivity index is 0.00000225. The number of carbonyl (C=O) groups is 2. The summed E-state index contributed by atoms with van der Waals surface area (Å²) in [5.41, 5.74) is 0. The van der Waals surface area contributed by atoms with Crippen molar-refractivity contribution in [3.63, 3.8) is 0 Å². The fourth-order valence-electron chi connectivity index (χ4n) is 1.24. The highest BCUT2D eigenvalue weighted by Gasteiger charge is 2.19. The summed E-state index contributed by atoms with van der Waals surface area (Å²) >= 11 is 5.49.